The highest BCUT2D eigenvalue weighted by atomic mass is 19.1. The van der Waals surface area contributed by atoms with Crippen LogP contribution in [0, 0.1) is 11.7 Å². The summed E-state index contributed by atoms with van der Waals surface area (Å²) in [5, 5.41) is 0. The van der Waals surface area contributed by atoms with Gasteiger partial charge in [-0.05, 0) is 36.5 Å². The van der Waals surface area contributed by atoms with Crippen LogP contribution >= 0.6 is 0 Å². The molecule has 0 N–H and O–H groups in total. The molecule has 3 saturated heterocycles. The SMILES string of the molecule is O=C(c1ccccc1F)N1C[C@H]2CC[C@@H]1CN(Cc1ccccc1)C2. The number of nitrogens with zero attached hydrogens (tertiary/aromatic N) is 2. The minimum atomic E-state index is -0.422. The highest BCUT2D eigenvalue weighted by molar-refractivity contribution is 5.94. The van der Waals surface area contributed by atoms with Gasteiger partial charge in [0.2, 0.25) is 0 Å². The van der Waals surface area contributed by atoms with Crippen molar-refractivity contribution in [2.24, 2.45) is 5.92 Å². The zero-order valence-corrected chi connectivity index (χ0v) is 14.3. The second-order valence-corrected chi connectivity index (χ2v) is 7.21. The van der Waals surface area contributed by atoms with Crippen molar-refractivity contribution >= 4 is 5.91 Å². The van der Waals surface area contributed by atoms with Crippen LogP contribution in [0.5, 0.6) is 0 Å². The third-order valence-corrected chi connectivity index (χ3v) is 5.40. The van der Waals surface area contributed by atoms with E-state index in [9.17, 15) is 9.18 Å². The first-order valence-corrected chi connectivity index (χ1v) is 9.02. The molecule has 3 fully saturated rings. The molecule has 0 unspecified atom stereocenters. The zero-order chi connectivity index (χ0) is 17.2. The van der Waals surface area contributed by atoms with Crippen molar-refractivity contribution in [3.05, 3.63) is 71.5 Å². The summed E-state index contributed by atoms with van der Waals surface area (Å²) in [4.78, 5) is 17.3. The Bertz CT molecular complexity index is 749. The summed E-state index contributed by atoms with van der Waals surface area (Å²) in [6.45, 7) is 3.52. The molecule has 2 aromatic rings. The third-order valence-electron chi connectivity index (χ3n) is 5.40. The Labute approximate surface area is 148 Å². The molecule has 3 aliphatic heterocycles. The molecule has 25 heavy (non-hydrogen) atoms. The molecule has 0 spiro atoms. The molecule has 0 aromatic heterocycles. The maximum absolute atomic E-state index is 14.0. The smallest absolute Gasteiger partial charge is 0.257 e. The molecule has 3 aliphatic rings. The van der Waals surface area contributed by atoms with E-state index in [1.54, 1.807) is 18.2 Å². The van der Waals surface area contributed by atoms with Gasteiger partial charge < -0.3 is 4.90 Å². The Hall–Kier alpha value is -2.20. The molecule has 1 amide bonds. The summed E-state index contributed by atoms with van der Waals surface area (Å²) in [7, 11) is 0. The molecule has 3 heterocycles. The fraction of sp³-hybridized carbons (Fsp3) is 0.381. The lowest BCUT2D eigenvalue weighted by Crippen LogP contribution is -2.47. The van der Waals surface area contributed by atoms with Crippen LogP contribution in [0.4, 0.5) is 4.39 Å². The van der Waals surface area contributed by atoms with Crippen molar-refractivity contribution in [3.8, 4) is 0 Å². The number of benzene rings is 2. The fourth-order valence-electron chi connectivity index (χ4n) is 4.19. The Morgan fingerprint density at radius 2 is 1.72 bits per heavy atom. The van der Waals surface area contributed by atoms with Gasteiger partial charge >= 0.3 is 0 Å². The number of hydrogen-bond donors (Lipinski definition) is 0. The van der Waals surface area contributed by atoms with Gasteiger partial charge in [-0.2, -0.15) is 0 Å². The number of hydrogen-bond acceptors (Lipinski definition) is 2. The largest absolute Gasteiger partial charge is 0.334 e. The molecule has 130 valence electrons. The van der Waals surface area contributed by atoms with Crippen molar-refractivity contribution in [2.45, 2.75) is 25.4 Å². The predicted octanol–water partition coefficient (Wildman–Crippen LogP) is 3.56. The lowest BCUT2D eigenvalue weighted by atomic mass is 9.94. The Morgan fingerprint density at radius 1 is 0.960 bits per heavy atom. The first-order chi connectivity index (χ1) is 12.2. The monoisotopic (exact) mass is 338 g/mol. The van der Waals surface area contributed by atoms with E-state index < -0.39 is 5.82 Å². The molecule has 2 atom stereocenters. The second-order valence-electron chi connectivity index (χ2n) is 7.21. The van der Waals surface area contributed by atoms with Gasteiger partial charge in [0.15, 0.2) is 0 Å². The Morgan fingerprint density at radius 3 is 2.52 bits per heavy atom. The lowest BCUT2D eigenvalue weighted by Gasteiger charge is -2.36. The minimum Gasteiger partial charge on any atom is -0.334 e. The molecule has 0 aliphatic carbocycles. The van der Waals surface area contributed by atoms with E-state index in [2.05, 4.69) is 29.2 Å². The maximum atomic E-state index is 14.0. The molecule has 2 bridgehead atoms. The molecule has 3 nitrogen and oxygen atoms in total. The van der Waals surface area contributed by atoms with Crippen LogP contribution in [0.3, 0.4) is 0 Å². The number of halogens is 1. The number of piperidine rings is 1. The second kappa shape index (κ2) is 6.96. The molecule has 5 rings (SSSR count). The molecular formula is C21H23FN2O. The van der Waals surface area contributed by atoms with Crippen molar-refractivity contribution in [1.29, 1.82) is 0 Å². The van der Waals surface area contributed by atoms with E-state index in [-0.39, 0.29) is 17.5 Å². The van der Waals surface area contributed by atoms with Crippen LogP contribution in [0.1, 0.15) is 28.8 Å². The topological polar surface area (TPSA) is 23.6 Å². The highest BCUT2D eigenvalue weighted by Gasteiger charge is 2.37. The number of rotatable bonds is 3. The van der Waals surface area contributed by atoms with Gasteiger partial charge in [0, 0.05) is 32.2 Å². The van der Waals surface area contributed by atoms with Gasteiger partial charge in [0.05, 0.1) is 5.56 Å². The van der Waals surface area contributed by atoms with E-state index in [0.29, 0.717) is 5.92 Å². The quantitative estimate of drug-likeness (QED) is 0.854. The average molecular weight is 338 g/mol. The van der Waals surface area contributed by atoms with Crippen molar-refractivity contribution < 1.29 is 9.18 Å². The van der Waals surface area contributed by atoms with E-state index in [0.717, 1.165) is 39.0 Å². The van der Waals surface area contributed by atoms with Gasteiger partial charge in [-0.25, -0.2) is 4.39 Å². The number of carbonyl (C=O) groups is 1. The summed E-state index contributed by atoms with van der Waals surface area (Å²) < 4.78 is 14.0. The number of fused-ring (bicyclic) bond motifs is 4. The summed E-state index contributed by atoms with van der Waals surface area (Å²) in [5.41, 5.74) is 1.50. The van der Waals surface area contributed by atoms with Gasteiger partial charge in [-0.3, -0.25) is 9.69 Å². The third kappa shape index (κ3) is 3.45. The first kappa shape index (κ1) is 16.3. The normalized spacial score (nSPS) is 23.5. The zero-order valence-electron chi connectivity index (χ0n) is 14.3. The van der Waals surface area contributed by atoms with Crippen LogP contribution < -0.4 is 0 Å². The van der Waals surface area contributed by atoms with Gasteiger partial charge in [0.1, 0.15) is 5.82 Å². The molecule has 4 heteroatoms. The van der Waals surface area contributed by atoms with E-state index >= 15 is 0 Å². The standard InChI is InChI=1S/C21H23FN2O/c22-20-9-5-4-8-19(20)21(25)24-14-17-10-11-18(24)15-23(13-17)12-16-6-2-1-3-7-16/h1-9,17-18H,10-15H2/t17-,18+/m0/s1. The summed E-state index contributed by atoms with van der Waals surface area (Å²) >= 11 is 0. The number of carbonyl (C=O) groups excluding carboxylic acids is 1. The van der Waals surface area contributed by atoms with E-state index in [4.69, 9.17) is 0 Å². The predicted molar refractivity (Wildman–Crippen MR) is 95.7 cm³/mol. The number of amides is 1. The van der Waals surface area contributed by atoms with Crippen LogP contribution in [-0.2, 0) is 6.54 Å². The molecule has 0 radical (unpaired) electrons. The van der Waals surface area contributed by atoms with Gasteiger partial charge in [-0.15, -0.1) is 0 Å². The van der Waals surface area contributed by atoms with Crippen LogP contribution in [0.25, 0.3) is 0 Å². The minimum absolute atomic E-state index is 0.158. The van der Waals surface area contributed by atoms with E-state index in [1.807, 2.05) is 11.0 Å². The van der Waals surface area contributed by atoms with Gasteiger partial charge in [-0.1, -0.05) is 42.5 Å². The van der Waals surface area contributed by atoms with E-state index in [1.165, 1.54) is 11.6 Å². The highest BCUT2D eigenvalue weighted by Crippen LogP contribution is 2.30. The summed E-state index contributed by atoms with van der Waals surface area (Å²) in [5.74, 6) is -0.110. The van der Waals surface area contributed by atoms with Gasteiger partial charge in [0.25, 0.3) is 5.91 Å². The van der Waals surface area contributed by atoms with Crippen molar-refractivity contribution in [3.63, 3.8) is 0 Å². The fourth-order valence-corrected chi connectivity index (χ4v) is 4.19. The molecular weight excluding hydrogens is 315 g/mol. The maximum Gasteiger partial charge on any atom is 0.257 e. The molecule has 2 aromatic carbocycles. The summed E-state index contributed by atoms with van der Waals surface area (Å²) in [6, 6.07) is 17.0. The Balaban J connectivity index is 1.52. The Kier molecular flexibility index (Phi) is 4.53. The summed E-state index contributed by atoms with van der Waals surface area (Å²) in [6.07, 6.45) is 2.16. The van der Waals surface area contributed by atoms with Crippen molar-refractivity contribution in [2.75, 3.05) is 19.6 Å². The average Bonchev–Trinajstić information content (AvgIpc) is 2.93. The first-order valence-electron chi connectivity index (χ1n) is 9.02. The van der Waals surface area contributed by atoms with Crippen LogP contribution in [-0.4, -0.2) is 41.4 Å². The molecule has 0 saturated carbocycles. The lowest BCUT2D eigenvalue weighted by molar-refractivity contribution is 0.0580. The van der Waals surface area contributed by atoms with Crippen LogP contribution in [0.2, 0.25) is 0 Å². The van der Waals surface area contributed by atoms with Crippen LogP contribution in [0.15, 0.2) is 54.6 Å². The van der Waals surface area contributed by atoms with Crippen molar-refractivity contribution in [1.82, 2.24) is 9.80 Å².